The molecule has 0 fully saturated rings. The predicted molar refractivity (Wildman–Crippen MR) is 110 cm³/mol. The van der Waals surface area contributed by atoms with Gasteiger partial charge in [0.15, 0.2) is 5.75 Å². The summed E-state index contributed by atoms with van der Waals surface area (Å²) >= 11 is 0. The molecule has 0 saturated carbocycles. The van der Waals surface area contributed by atoms with Crippen molar-refractivity contribution in [1.29, 1.82) is 0 Å². The van der Waals surface area contributed by atoms with Gasteiger partial charge in [0, 0.05) is 12.8 Å². The number of carbonyl (C=O) groups is 2. The van der Waals surface area contributed by atoms with Gasteiger partial charge in [0.05, 0.1) is 6.61 Å². The summed E-state index contributed by atoms with van der Waals surface area (Å²) in [6, 6.07) is 0. The Morgan fingerprint density at radius 3 is 1.58 bits per heavy atom. The van der Waals surface area contributed by atoms with E-state index in [2.05, 4.69) is 11.7 Å². The summed E-state index contributed by atoms with van der Waals surface area (Å²) in [5.74, 6) is -13.3. The average Bonchev–Trinajstić information content (AvgIpc) is 2.80. The summed E-state index contributed by atoms with van der Waals surface area (Å²) in [6.45, 7) is 1.42. The van der Waals surface area contributed by atoms with Crippen LogP contribution in [0.1, 0.15) is 77.6 Å². The summed E-state index contributed by atoms with van der Waals surface area (Å²) in [6.07, 6.45) is 9.17. The summed E-state index contributed by atoms with van der Waals surface area (Å²) in [5.41, 5.74) is 0. The first-order valence-electron chi connectivity index (χ1n) is 11.2. The van der Waals surface area contributed by atoms with Crippen molar-refractivity contribution in [3.05, 3.63) is 29.1 Å². The van der Waals surface area contributed by atoms with Crippen LogP contribution in [-0.2, 0) is 19.1 Å². The van der Waals surface area contributed by atoms with Gasteiger partial charge in [-0.3, -0.25) is 9.59 Å². The maximum atomic E-state index is 13.4. The highest BCUT2D eigenvalue weighted by atomic mass is 19.2. The molecule has 0 amide bonds. The maximum Gasteiger partial charge on any atom is 0.305 e. The van der Waals surface area contributed by atoms with E-state index in [1.165, 1.54) is 32.1 Å². The van der Waals surface area contributed by atoms with Crippen molar-refractivity contribution in [1.82, 2.24) is 0 Å². The fourth-order valence-corrected chi connectivity index (χ4v) is 2.95. The number of benzene rings is 1. The van der Waals surface area contributed by atoms with Gasteiger partial charge >= 0.3 is 11.9 Å². The van der Waals surface area contributed by atoms with E-state index in [9.17, 15) is 31.5 Å². The van der Waals surface area contributed by atoms with Crippen molar-refractivity contribution in [3.63, 3.8) is 0 Å². The van der Waals surface area contributed by atoms with Gasteiger partial charge in [-0.25, -0.2) is 13.2 Å². The third kappa shape index (κ3) is 10.9. The van der Waals surface area contributed by atoms with Crippen LogP contribution in [0.5, 0.6) is 5.75 Å². The lowest BCUT2D eigenvalue weighted by Gasteiger charge is -2.10. The van der Waals surface area contributed by atoms with Gasteiger partial charge in [-0.05, 0) is 12.8 Å². The summed E-state index contributed by atoms with van der Waals surface area (Å²) in [5, 5.41) is 0. The van der Waals surface area contributed by atoms with Crippen molar-refractivity contribution in [2.24, 2.45) is 0 Å². The average molecular weight is 482 g/mol. The van der Waals surface area contributed by atoms with Crippen molar-refractivity contribution in [2.45, 2.75) is 77.6 Å². The molecular weight excluding hydrogens is 451 g/mol. The molecule has 0 N–H and O–H groups in total. The molecule has 10 heteroatoms. The molecule has 5 nitrogen and oxygen atoms in total. The molecule has 1 aromatic carbocycles. The first kappa shape index (κ1) is 28.6. The van der Waals surface area contributed by atoms with Crippen LogP contribution >= 0.6 is 0 Å². The molecule has 0 spiro atoms. The molecule has 1 rings (SSSR count). The fourth-order valence-electron chi connectivity index (χ4n) is 2.95. The first-order chi connectivity index (χ1) is 15.8. The predicted octanol–water partition coefficient (Wildman–Crippen LogP) is 6.16. The van der Waals surface area contributed by atoms with Gasteiger partial charge in [0.2, 0.25) is 29.1 Å². The van der Waals surface area contributed by atoms with E-state index in [1.54, 1.807) is 0 Å². The Morgan fingerprint density at radius 2 is 1.03 bits per heavy atom. The second kappa shape index (κ2) is 16.3. The molecule has 0 radical (unpaired) electrons. The topological polar surface area (TPSA) is 61.8 Å². The lowest BCUT2D eigenvalue weighted by Crippen LogP contribution is -2.15. The van der Waals surface area contributed by atoms with Crippen molar-refractivity contribution in [2.75, 3.05) is 19.8 Å². The largest absolute Gasteiger partial charge is 0.484 e. The van der Waals surface area contributed by atoms with Gasteiger partial charge in [-0.1, -0.05) is 51.9 Å². The van der Waals surface area contributed by atoms with Gasteiger partial charge < -0.3 is 14.2 Å². The van der Waals surface area contributed by atoms with E-state index in [4.69, 9.17) is 9.47 Å². The number of ether oxygens (including phenoxy) is 3. The maximum absolute atomic E-state index is 13.4. The summed E-state index contributed by atoms with van der Waals surface area (Å²) in [4.78, 5) is 23.2. The zero-order valence-electron chi connectivity index (χ0n) is 18.8. The van der Waals surface area contributed by atoms with E-state index in [-0.39, 0.29) is 19.3 Å². The number of hydrogen-bond donors (Lipinski definition) is 0. The summed E-state index contributed by atoms with van der Waals surface area (Å²) < 4.78 is 80.3. The molecule has 0 heterocycles. The number of halogens is 5. The van der Waals surface area contributed by atoms with E-state index in [1.807, 2.05) is 0 Å². The highest BCUT2D eigenvalue weighted by Gasteiger charge is 2.27. The van der Waals surface area contributed by atoms with E-state index in [0.717, 1.165) is 19.3 Å². The molecule has 0 unspecified atom stereocenters. The Balaban J connectivity index is 2.10. The molecule has 33 heavy (non-hydrogen) atoms. The second-order valence-electron chi connectivity index (χ2n) is 7.52. The van der Waals surface area contributed by atoms with Crippen molar-refractivity contribution in [3.8, 4) is 5.75 Å². The number of carbonyl (C=O) groups excluding carboxylic acids is 2. The smallest absolute Gasteiger partial charge is 0.305 e. The Labute approximate surface area is 190 Å². The van der Waals surface area contributed by atoms with Gasteiger partial charge in [-0.15, -0.1) is 0 Å². The van der Waals surface area contributed by atoms with Crippen LogP contribution in [0.4, 0.5) is 22.0 Å². The standard InChI is InChI=1S/C23H31F5O5/c1-2-3-4-5-6-7-8-9-13-31-16(29)11-10-12-17(30)32-14-15-33-23-21(27)19(25)18(24)20(26)22(23)28/h2-15H2,1H3. The SMILES string of the molecule is CCCCCCCCCCOC(=O)CCCC(=O)OCCOc1c(F)c(F)c(F)c(F)c1F. The van der Waals surface area contributed by atoms with Crippen LogP contribution in [0.15, 0.2) is 0 Å². The molecule has 0 aliphatic carbocycles. The van der Waals surface area contributed by atoms with Gasteiger partial charge in [0.25, 0.3) is 0 Å². The monoisotopic (exact) mass is 482 g/mol. The van der Waals surface area contributed by atoms with Crippen LogP contribution in [0.3, 0.4) is 0 Å². The zero-order chi connectivity index (χ0) is 24.6. The third-order valence-electron chi connectivity index (χ3n) is 4.79. The first-order valence-corrected chi connectivity index (χ1v) is 11.2. The lowest BCUT2D eigenvalue weighted by molar-refractivity contribution is -0.146. The molecule has 0 saturated heterocycles. The van der Waals surface area contributed by atoms with Crippen LogP contribution < -0.4 is 4.74 Å². The number of hydrogen-bond acceptors (Lipinski definition) is 5. The van der Waals surface area contributed by atoms with Crippen LogP contribution in [-0.4, -0.2) is 31.8 Å². The molecule has 0 atom stereocenters. The minimum Gasteiger partial charge on any atom is -0.484 e. The molecule has 0 aliphatic rings. The zero-order valence-corrected chi connectivity index (χ0v) is 18.8. The Bertz CT molecular complexity index is 728. The minimum atomic E-state index is -2.29. The van der Waals surface area contributed by atoms with Gasteiger partial charge in [-0.2, -0.15) is 8.78 Å². The fraction of sp³-hybridized carbons (Fsp3) is 0.652. The van der Waals surface area contributed by atoms with Crippen molar-refractivity contribution >= 4 is 11.9 Å². The van der Waals surface area contributed by atoms with Crippen molar-refractivity contribution < 1.29 is 45.8 Å². The highest BCUT2D eigenvalue weighted by Crippen LogP contribution is 2.28. The molecule has 1 aromatic rings. The molecule has 188 valence electrons. The molecule has 0 aromatic heterocycles. The molecule has 0 bridgehead atoms. The number of esters is 2. The molecule has 0 aliphatic heterocycles. The Hall–Kier alpha value is -2.39. The van der Waals surface area contributed by atoms with Crippen LogP contribution in [0.2, 0.25) is 0 Å². The lowest BCUT2D eigenvalue weighted by atomic mass is 10.1. The minimum absolute atomic E-state index is 0.0349. The number of rotatable bonds is 17. The van der Waals surface area contributed by atoms with Crippen LogP contribution in [0, 0.1) is 29.1 Å². The Morgan fingerprint density at radius 1 is 0.576 bits per heavy atom. The quantitative estimate of drug-likeness (QED) is 0.0875. The Kier molecular flexibility index (Phi) is 14.1. The summed E-state index contributed by atoms with van der Waals surface area (Å²) in [7, 11) is 0. The number of unbranched alkanes of at least 4 members (excludes halogenated alkanes) is 7. The normalized spacial score (nSPS) is 10.8. The van der Waals surface area contributed by atoms with E-state index >= 15 is 0 Å². The van der Waals surface area contributed by atoms with E-state index in [0.29, 0.717) is 6.61 Å². The third-order valence-corrected chi connectivity index (χ3v) is 4.79. The highest BCUT2D eigenvalue weighted by molar-refractivity contribution is 5.72. The van der Waals surface area contributed by atoms with Crippen LogP contribution in [0.25, 0.3) is 0 Å². The van der Waals surface area contributed by atoms with Gasteiger partial charge in [0.1, 0.15) is 13.2 Å². The molecular formula is C23H31F5O5. The van der Waals surface area contributed by atoms with E-state index < -0.39 is 60.0 Å². The second-order valence-corrected chi connectivity index (χ2v) is 7.52.